The summed E-state index contributed by atoms with van der Waals surface area (Å²) in [7, 11) is -3.85. The van der Waals surface area contributed by atoms with E-state index >= 15 is 0 Å². The summed E-state index contributed by atoms with van der Waals surface area (Å²) in [5, 5.41) is 2.99. The molecule has 1 aliphatic rings. The van der Waals surface area contributed by atoms with E-state index in [0.717, 1.165) is 48.8 Å². The first-order chi connectivity index (χ1) is 18.0. The summed E-state index contributed by atoms with van der Waals surface area (Å²) in [5.41, 5.74) is 4.18. The monoisotopic (exact) mass is 510 g/mol. The Kier molecular flexibility index (Phi) is 7.49. The second kappa shape index (κ2) is 11.1. The highest BCUT2D eigenvalue weighted by Gasteiger charge is 2.26. The Morgan fingerprint density at radius 2 is 1.27 bits per heavy atom. The van der Waals surface area contributed by atoms with Crippen molar-refractivity contribution in [3.8, 4) is 22.3 Å². The summed E-state index contributed by atoms with van der Waals surface area (Å²) in [5.74, 6) is -0.364. The molecule has 0 unspecified atom stereocenters. The molecule has 0 saturated heterocycles. The minimum Gasteiger partial charge on any atom is -0.321 e. The molecule has 37 heavy (non-hydrogen) atoms. The van der Waals surface area contributed by atoms with E-state index in [0.29, 0.717) is 11.3 Å². The third kappa shape index (κ3) is 5.82. The van der Waals surface area contributed by atoms with Crippen molar-refractivity contribution in [3.63, 3.8) is 0 Å². The topological polar surface area (TPSA) is 75.3 Å². The fraction of sp³-hybridized carbons (Fsp3) is 0.194. The van der Waals surface area contributed by atoms with E-state index in [1.165, 1.54) is 6.07 Å². The summed E-state index contributed by atoms with van der Waals surface area (Å²) in [4.78, 5) is 13.5. The van der Waals surface area contributed by atoms with E-state index in [4.69, 9.17) is 0 Å². The smallest absolute Gasteiger partial charge is 0.255 e. The Morgan fingerprint density at radius 1 is 0.676 bits per heavy atom. The lowest BCUT2D eigenvalue weighted by atomic mass is 9.96. The highest BCUT2D eigenvalue weighted by molar-refractivity contribution is 7.89. The van der Waals surface area contributed by atoms with Crippen molar-refractivity contribution in [2.24, 2.45) is 0 Å². The summed E-state index contributed by atoms with van der Waals surface area (Å²) >= 11 is 0. The highest BCUT2D eigenvalue weighted by atomic mass is 32.2. The van der Waals surface area contributed by atoms with Gasteiger partial charge in [0.2, 0.25) is 10.0 Å². The zero-order valence-corrected chi connectivity index (χ0v) is 21.4. The van der Waals surface area contributed by atoms with Gasteiger partial charge < -0.3 is 5.32 Å². The van der Waals surface area contributed by atoms with E-state index in [2.05, 4.69) is 10.0 Å². The molecule has 0 heterocycles. The van der Waals surface area contributed by atoms with Crippen molar-refractivity contribution in [3.05, 3.63) is 109 Å². The molecule has 5 nitrogen and oxygen atoms in total. The zero-order valence-electron chi connectivity index (χ0n) is 20.6. The summed E-state index contributed by atoms with van der Waals surface area (Å²) in [6.07, 6.45) is 4.82. The summed E-state index contributed by atoms with van der Waals surface area (Å²) < 4.78 is 30.2. The minimum atomic E-state index is -3.85. The van der Waals surface area contributed by atoms with Crippen LogP contribution in [-0.2, 0) is 10.0 Å². The number of para-hydroxylation sites is 1. The van der Waals surface area contributed by atoms with Gasteiger partial charge in [-0.05, 0) is 42.2 Å². The second-order valence-corrected chi connectivity index (χ2v) is 11.1. The largest absolute Gasteiger partial charge is 0.321 e. The maximum atomic E-state index is 13.6. The van der Waals surface area contributed by atoms with Crippen molar-refractivity contribution in [1.29, 1.82) is 0 Å². The van der Waals surface area contributed by atoms with E-state index < -0.39 is 10.0 Å². The number of hydrogen-bond donors (Lipinski definition) is 2. The van der Waals surface area contributed by atoms with Gasteiger partial charge in [-0.15, -0.1) is 0 Å². The number of benzene rings is 4. The van der Waals surface area contributed by atoms with Crippen molar-refractivity contribution in [2.45, 2.75) is 43.0 Å². The van der Waals surface area contributed by atoms with Gasteiger partial charge in [0.15, 0.2) is 0 Å². The van der Waals surface area contributed by atoms with Crippen molar-refractivity contribution < 1.29 is 13.2 Å². The van der Waals surface area contributed by atoms with Crippen molar-refractivity contribution in [1.82, 2.24) is 4.72 Å². The first kappa shape index (κ1) is 24.9. The molecule has 0 bridgehead atoms. The number of amides is 1. The second-order valence-electron chi connectivity index (χ2n) is 9.40. The average Bonchev–Trinajstić information content (AvgIpc) is 2.94. The summed E-state index contributed by atoms with van der Waals surface area (Å²) in [6, 6.07) is 31.6. The Balaban J connectivity index is 1.50. The van der Waals surface area contributed by atoms with Crippen LogP contribution in [0.2, 0.25) is 0 Å². The molecule has 2 N–H and O–H groups in total. The number of nitrogens with one attached hydrogen (secondary N) is 2. The first-order valence-electron chi connectivity index (χ1n) is 12.7. The van der Waals surface area contributed by atoms with E-state index in [1.54, 1.807) is 12.1 Å². The quantitative estimate of drug-likeness (QED) is 0.284. The van der Waals surface area contributed by atoms with Gasteiger partial charge in [-0.2, -0.15) is 0 Å². The molecule has 0 aromatic heterocycles. The van der Waals surface area contributed by atoms with Gasteiger partial charge in [0.25, 0.3) is 5.91 Å². The van der Waals surface area contributed by atoms with Gasteiger partial charge in [-0.25, -0.2) is 13.1 Å². The minimum absolute atomic E-state index is 0.0856. The Bertz CT molecular complexity index is 1480. The third-order valence-electron chi connectivity index (χ3n) is 6.81. The van der Waals surface area contributed by atoms with Gasteiger partial charge >= 0.3 is 0 Å². The lowest BCUT2D eigenvalue weighted by Gasteiger charge is -2.23. The highest BCUT2D eigenvalue weighted by Crippen LogP contribution is 2.31. The molecule has 1 amide bonds. The molecule has 0 atom stereocenters. The van der Waals surface area contributed by atoms with Gasteiger partial charge in [0, 0.05) is 28.4 Å². The maximum Gasteiger partial charge on any atom is 0.255 e. The predicted octanol–water partition coefficient (Wildman–Crippen LogP) is 6.88. The predicted molar refractivity (Wildman–Crippen MR) is 149 cm³/mol. The molecule has 5 rings (SSSR count). The molecule has 188 valence electrons. The van der Waals surface area contributed by atoms with E-state index in [9.17, 15) is 13.2 Å². The number of carbonyl (C=O) groups is 1. The lowest BCUT2D eigenvalue weighted by molar-refractivity contribution is 0.102. The van der Waals surface area contributed by atoms with Crippen LogP contribution in [0.1, 0.15) is 42.5 Å². The number of hydrogen-bond acceptors (Lipinski definition) is 3. The Labute approximate surface area is 218 Å². The zero-order chi connectivity index (χ0) is 25.7. The van der Waals surface area contributed by atoms with Crippen molar-refractivity contribution >= 4 is 21.6 Å². The third-order valence-corrected chi connectivity index (χ3v) is 8.37. The number of anilines is 1. The van der Waals surface area contributed by atoms with E-state index in [-0.39, 0.29) is 22.4 Å². The molecule has 1 fully saturated rings. The molecule has 4 aromatic carbocycles. The van der Waals surface area contributed by atoms with Gasteiger partial charge in [0.1, 0.15) is 0 Å². The average molecular weight is 511 g/mol. The van der Waals surface area contributed by atoms with E-state index in [1.807, 2.05) is 84.9 Å². The fourth-order valence-corrected chi connectivity index (χ4v) is 6.46. The van der Waals surface area contributed by atoms with Gasteiger partial charge in [0.05, 0.1) is 4.90 Å². The molecular formula is C31H30N2O3S. The van der Waals surface area contributed by atoms with Crippen LogP contribution in [0, 0.1) is 0 Å². The lowest BCUT2D eigenvalue weighted by Crippen LogP contribution is -2.36. The van der Waals surface area contributed by atoms with Crippen LogP contribution in [0.4, 0.5) is 5.69 Å². The molecule has 0 radical (unpaired) electrons. The van der Waals surface area contributed by atoms with Crippen LogP contribution < -0.4 is 10.0 Å². The van der Waals surface area contributed by atoms with Crippen LogP contribution in [0.5, 0.6) is 0 Å². The van der Waals surface area contributed by atoms with Crippen LogP contribution in [0.3, 0.4) is 0 Å². The number of carbonyl (C=O) groups excluding carboxylic acids is 1. The number of sulfonamides is 1. The molecule has 0 spiro atoms. The van der Waals surface area contributed by atoms with Crippen LogP contribution >= 0.6 is 0 Å². The SMILES string of the molecule is O=C(Nc1ccccc1-c1ccccc1)c1ccc(-c2ccccc2)c(S(=O)(=O)NC2CCCCC2)c1. The fourth-order valence-electron chi connectivity index (χ4n) is 4.90. The molecule has 6 heteroatoms. The van der Waals surface area contributed by atoms with Crippen molar-refractivity contribution in [2.75, 3.05) is 5.32 Å². The first-order valence-corrected chi connectivity index (χ1v) is 14.2. The van der Waals surface area contributed by atoms with Gasteiger partial charge in [-0.1, -0.05) is 104 Å². The number of rotatable bonds is 7. The van der Waals surface area contributed by atoms with Crippen LogP contribution in [0.25, 0.3) is 22.3 Å². The van der Waals surface area contributed by atoms with Crippen LogP contribution in [-0.4, -0.2) is 20.4 Å². The Morgan fingerprint density at radius 3 is 1.95 bits per heavy atom. The molecule has 0 aliphatic heterocycles. The molecule has 1 saturated carbocycles. The molecule has 1 aliphatic carbocycles. The normalized spacial score (nSPS) is 14.3. The molecular weight excluding hydrogens is 480 g/mol. The Hall–Kier alpha value is -3.74. The summed E-state index contributed by atoms with van der Waals surface area (Å²) in [6.45, 7) is 0. The standard InChI is InChI=1S/C31H30N2O3S/c34-31(32-29-19-11-10-18-27(29)23-12-4-1-5-13-23)25-20-21-28(24-14-6-2-7-15-24)30(22-25)37(35,36)33-26-16-8-3-9-17-26/h1-2,4-7,10-15,18-22,26,33H,3,8-9,16-17H2,(H,32,34). The molecule has 4 aromatic rings. The van der Waals surface area contributed by atoms with Gasteiger partial charge in [-0.3, -0.25) is 4.79 Å². The maximum absolute atomic E-state index is 13.6. The van der Waals surface area contributed by atoms with Crippen LogP contribution in [0.15, 0.2) is 108 Å².